The molecule has 2 aromatic heterocycles. The maximum Gasteiger partial charge on any atom is 0.259 e. The van der Waals surface area contributed by atoms with Crippen molar-refractivity contribution in [3.8, 4) is 0 Å². The van der Waals surface area contributed by atoms with E-state index in [1.54, 1.807) is 16.0 Å². The molecule has 0 atom stereocenters. The number of nitrogens with zero attached hydrogens (tertiary/aromatic N) is 4. The first kappa shape index (κ1) is 27.7. The Morgan fingerprint density at radius 3 is 2.38 bits per heavy atom. The summed E-state index contributed by atoms with van der Waals surface area (Å²) in [6.07, 6.45) is 4.45. The first-order valence-electron chi connectivity index (χ1n) is 12.4. The second-order valence-electron chi connectivity index (χ2n) is 9.69. The van der Waals surface area contributed by atoms with E-state index in [0.29, 0.717) is 36.5 Å². The molecule has 2 aromatic carbocycles. The molecule has 40 heavy (non-hydrogen) atoms. The lowest BCUT2D eigenvalue weighted by atomic mass is 9.89. The molecule has 11 nitrogen and oxygen atoms in total. The molecule has 0 bridgehead atoms. The van der Waals surface area contributed by atoms with Crippen molar-refractivity contribution in [3.05, 3.63) is 83.4 Å². The molecule has 4 aromatic rings. The van der Waals surface area contributed by atoms with E-state index in [9.17, 15) is 26.0 Å². The quantitative estimate of drug-likeness (QED) is 0.336. The fraction of sp³-hybridized carbons (Fsp3) is 0.269. The van der Waals surface area contributed by atoms with Gasteiger partial charge in [0.15, 0.2) is 5.65 Å². The SMILES string of the molecule is Cc1cc(F)ccc1Nc1c(C(=O)N2CCC(c3ccccc3)CC2)cnc2c(S(=O)(=O)NS(C)(=O)=O)cnn12. The van der Waals surface area contributed by atoms with Gasteiger partial charge in [-0.25, -0.2) is 26.2 Å². The summed E-state index contributed by atoms with van der Waals surface area (Å²) < 4.78 is 65.4. The van der Waals surface area contributed by atoms with Crippen LogP contribution in [0.15, 0.2) is 65.8 Å². The molecule has 0 unspecified atom stereocenters. The van der Waals surface area contributed by atoms with Gasteiger partial charge in [0.2, 0.25) is 10.0 Å². The lowest BCUT2D eigenvalue weighted by Crippen LogP contribution is -2.38. The number of carbonyl (C=O) groups is 1. The number of likely N-dealkylation sites (tertiary alicyclic amines) is 1. The van der Waals surface area contributed by atoms with Crippen molar-refractivity contribution in [2.24, 2.45) is 0 Å². The third kappa shape index (κ3) is 5.69. The second kappa shape index (κ2) is 10.6. The van der Waals surface area contributed by atoms with Crippen molar-refractivity contribution >= 4 is 43.1 Å². The number of aromatic nitrogens is 3. The molecule has 14 heteroatoms. The number of carbonyl (C=O) groups excluding carboxylic acids is 1. The summed E-state index contributed by atoms with van der Waals surface area (Å²) in [5, 5.41) is 7.22. The molecule has 0 radical (unpaired) electrons. The number of sulfonamides is 2. The lowest BCUT2D eigenvalue weighted by Gasteiger charge is -2.32. The predicted octanol–water partition coefficient (Wildman–Crippen LogP) is 3.18. The molecule has 210 valence electrons. The molecular formula is C26H27FN6O5S2. The van der Waals surface area contributed by atoms with Gasteiger partial charge < -0.3 is 10.2 Å². The maximum absolute atomic E-state index is 13.8. The second-order valence-corrected chi connectivity index (χ2v) is 13.3. The van der Waals surface area contributed by atoms with Crippen LogP contribution in [0.2, 0.25) is 0 Å². The fourth-order valence-corrected chi connectivity index (χ4v) is 7.35. The number of amides is 1. The highest BCUT2D eigenvalue weighted by atomic mass is 32.3. The van der Waals surface area contributed by atoms with Crippen LogP contribution in [0.3, 0.4) is 0 Å². The minimum absolute atomic E-state index is 0.107. The van der Waals surface area contributed by atoms with Gasteiger partial charge in [0, 0.05) is 25.0 Å². The van der Waals surface area contributed by atoms with E-state index >= 15 is 0 Å². The third-order valence-electron chi connectivity index (χ3n) is 6.77. The average Bonchev–Trinajstić information content (AvgIpc) is 3.35. The van der Waals surface area contributed by atoms with Crippen molar-refractivity contribution in [2.75, 3.05) is 24.7 Å². The highest BCUT2D eigenvalue weighted by molar-refractivity contribution is 8.04. The van der Waals surface area contributed by atoms with Crippen molar-refractivity contribution in [3.63, 3.8) is 0 Å². The van der Waals surface area contributed by atoms with Crippen molar-refractivity contribution in [1.82, 2.24) is 23.6 Å². The van der Waals surface area contributed by atoms with Crippen molar-refractivity contribution in [1.29, 1.82) is 0 Å². The minimum Gasteiger partial charge on any atom is -0.339 e. The number of anilines is 2. The molecule has 1 aliphatic heterocycles. The summed E-state index contributed by atoms with van der Waals surface area (Å²) in [4.78, 5) is 19.2. The zero-order valence-corrected chi connectivity index (χ0v) is 23.3. The van der Waals surface area contributed by atoms with Gasteiger partial charge in [-0.2, -0.15) is 9.61 Å². The Morgan fingerprint density at radius 2 is 1.73 bits per heavy atom. The first-order valence-corrected chi connectivity index (χ1v) is 15.8. The van der Waals surface area contributed by atoms with Crippen LogP contribution in [0.4, 0.5) is 15.9 Å². The normalized spacial score (nSPS) is 14.9. The molecule has 2 N–H and O–H groups in total. The minimum atomic E-state index is -4.55. The van der Waals surface area contributed by atoms with Gasteiger partial charge in [-0.15, -0.1) is 4.13 Å². The van der Waals surface area contributed by atoms with Gasteiger partial charge in [0.1, 0.15) is 22.1 Å². The highest BCUT2D eigenvalue weighted by Gasteiger charge is 2.30. The summed E-state index contributed by atoms with van der Waals surface area (Å²) in [6, 6.07) is 14.2. The Balaban J connectivity index is 1.53. The van der Waals surface area contributed by atoms with Crippen LogP contribution in [0.5, 0.6) is 0 Å². The van der Waals surface area contributed by atoms with Crippen LogP contribution in [0, 0.1) is 12.7 Å². The Morgan fingerprint density at radius 1 is 1.02 bits per heavy atom. The Kier molecular flexibility index (Phi) is 7.33. The average molecular weight is 587 g/mol. The fourth-order valence-electron chi connectivity index (χ4n) is 4.83. The molecule has 0 spiro atoms. The summed E-state index contributed by atoms with van der Waals surface area (Å²) in [6.45, 7) is 2.68. The number of hydrogen-bond acceptors (Lipinski definition) is 8. The summed E-state index contributed by atoms with van der Waals surface area (Å²) >= 11 is 0. The number of piperidine rings is 1. The van der Waals surface area contributed by atoms with Crippen LogP contribution in [0.25, 0.3) is 5.65 Å². The lowest BCUT2D eigenvalue weighted by molar-refractivity contribution is 0.0713. The third-order valence-corrected chi connectivity index (χ3v) is 9.73. The zero-order chi connectivity index (χ0) is 28.7. The number of aryl methyl sites for hydroxylation is 1. The van der Waals surface area contributed by atoms with E-state index in [1.165, 1.54) is 30.0 Å². The van der Waals surface area contributed by atoms with Gasteiger partial charge in [0.25, 0.3) is 15.9 Å². The van der Waals surface area contributed by atoms with E-state index in [2.05, 4.69) is 27.5 Å². The number of hydrogen-bond donors (Lipinski definition) is 2. The summed E-state index contributed by atoms with van der Waals surface area (Å²) in [7, 11) is -8.67. The van der Waals surface area contributed by atoms with E-state index < -0.39 is 30.8 Å². The van der Waals surface area contributed by atoms with Crippen molar-refractivity contribution in [2.45, 2.75) is 30.6 Å². The Hall–Kier alpha value is -3.88. The van der Waals surface area contributed by atoms with Gasteiger partial charge >= 0.3 is 0 Å². The van der Waals surface area contributed by atoms with Crippen LogP contribution < -0.4 is 9.44 Å². The predicted molar refractivity (Wildman–Crippen MR) is 147 cm³/mol. The monoisotopic (exact) mass is 586 g/mol. The smallest absolute Gasteiger partial charge is 0.259 e. The van der Waals surface area contributed by atoms with Crippen molar-refractivity contribution < 1.29 is 26.0 Å². The van der Waals surface area contributed by atoms with E-state index in [0.717, 1.165) is 23.6 Å². The topological polar surface area (TPSA) is 143 Å². The van der Waals surface area contributed by atoms with Crippen LogP contribution in [-0.2, 0) is 20.0 Å². The molecule has 1 amide bonds. The van der Waals surface area contributed by atoms with Crippen LogP contribution >= 0.6 is 0 Å². The van der Waals surface area contributed by atoms with Crippen LogP contribution in [0.1, 0.15) is 40.2 Å². The van der Waals surface area contributed by atoms with Gasteiger partial charge in [-0.3, -0.25) is 4.79 Å². The molecular weight excluding hydrogens is 559 g/mol. The van der Waals surface area contributed by atoms with Crippen LogP contribution in [-0.4, -0.2) is 61.6 Å². The molecule has 0 saturated carbocycles. The van der Waals surface area contributed by atoms with Gasteiger partial charge in [0.05, 0.1) is 12.5 Å². The van der Waals surface area contributed by atoms with E-state index in [-0.39, 0.29) is 22.9 Å². The van der Waals surface area contributed by atoms with E-state index in [1.807, 2.05) is 18.2 Å². The molecule has 0 aliphatic carbocycles. The van der Waals surface area contributed by atoms with Gasteiger partial charge in [-0.05, 0) is 55.0 Å². The number of rotatable bonds is 7. The standard InChI is InChI=1S/C26H27FN6O5S2/c1-17-14-20(27)8-9-22(17)30-24-21(26(34)32-12-10-19(11-13-32)18-6-4-3-5-7-18)15-28-25-23(16-29-33(24)25)40(37,38)31-39(2,35)36/h3-9,14-16,19,30-31H,10-13H2,1-2H3. The molecule has 3 heterocycles. The Bertz CT molecular complexity index is 1800. The Labute approximate surface area is 231 Å². The zero-order valence-electron chi connectivity index (χ0n) is 21.7. The molecule has 1 fully saturated rings. The highest BCUT2D eigenvalue weighted by Crippen LogP contribution is 2.31. The number of nitrogens with one attached hydrogen (secondary N) is 2. The number of benzene rings is 2. The molecule has 1 saturated heterocycles. The first-order chi connectivity index (χ1) is 18.9. The van der Waals surface area contributed by atoms with E-state index in [4.69, 9.17) is 0 Å². The summed E-state index contributed by atoms with van der Waals surface area (Å²) in [5.41, 5.74) is 2.14. The van der Waals surface area contributed by atoms with Gasteiger partial charge in [-0.1, -0.05) is 30.3 Å². The number of fused-ring (bicyclic) bond motifs is 1. The summed E-state index contributed by atoms with van der Waals surface area (Å²) in [5.74, 6) is -0.348. The molecule has 5 rings (SSSR count). The largest absolute Gasteiger partial charge is 0.339 e. The number of halogens is 1. The maximum atomic E-state index is 13.8. The molecule has 1 aliphatic rings.